The number of para-hydroxylation sites is 1. The fraction of sp³-hybridized carbons (Fsp3) is 0.261. The highest BCUT2D eigenvalue weighted by Gasteiger charge is 2.36. The fourth-order valence-electron chi connectivity index (χ4n) is 2.97. The van der Waals surface area contributed by atoms with Crippen molar-refractivity contribution in [1.82, 2.24) is 9.97 Å². The lowest BCUT2D eigenvalue weighted by Crippen LogP contribution is -2.11. The van der Waals surface area contributed by atoms with Crippen molar-refractivity contribution in [1.29, 1.82) is 0 Å². The van der Waals surface area contributed by atoms with Gasteiger partial charge in [-0.15, -0.1) is 6.54 Å². The van der Waals surface area contributed by atoms with Gasteiger partial charge in [-0.2, -0.15) is 33.4 Å². The van der Waals surface area contributed by atoms with E-state index in [-0.39, 0.29) is 23.7 Å². The van der Waals surface area contributed by atoms with Gasteiger partial charge in [-0.25, -0.2) is 14.8 Å². The molecule has 0 atom stereocenters. The van der Waals surface area contributed by atoms with Gasteiger partial charge in [0.1, 0.15) is 17.1 Å². The zero-order valence-corrected chi connectivity index (χ0v) is 18.7. The minimum Gasteiger partial charge on any atom is -0.661 e. The number of halogens is 6. The van der Waals surface area contributed by atoms with E-state index in [4.69, 9.17) is 9.84 Å². The number of methoxy groups -OCH3 is 1. The van der Waals surface area contributed by atoms with Crippen molar-refractivity contribution >= 4 is 5.97 Å². The Hall–Kier alpha value is -3.67. The normalized spacial score (nSPS) is 11.5. The third-order valence-electron chi connectivity index (χ3n) is 4.49. The summed E-state index contributed by atoms with van der Waals surface area (Å²) in [5.41, 5.74) is -1.67. The smallest absolute Gasteiger partial charge is 0.416 e. The molecule has 3 rings (SSSR count). The maximum Gasteiger partial charge on any atom is 0.416 e. The van der Waals surface area contributed by atoms with Gasteiger partial charge in [0.15, 0.2) is 0 Å². The number of nitrogens with zero attached hydrogens (tertiary/aromatic N) is 3. The second-order valence-electron chi connectivity index (χ2n) is 7.07. The van der Waals surface area contributed by atoms with Crippen LogP contribution in [0.25, 0.3) is 16.6 Å². The SMILES string of the molecule is COc1ccccc1-c1nc(C)ncc1C(=O)O.C[N-]Cc1cc(C(F)(F)F)cc(C(F)(F)F)c1. The molecule has 12 heteroatoms. The monoisotopic (exact) mass is 500 g/mol. The minimum absolute atomic E-state index is 0.0603. The summed E-state index contributed by atoms with van der Waals surface area (Å²) < 4.78 is 79.5. The first kappa shape index (κ1) is 27.6. The average molecular weight is 500 g/mol. The number of hydrogen-bond acceptors (Lipinski definition) is 4. The summed E-state index contributed by atoms with van der Waals surface area (Å²) in [6.07, 6.45) is -8.29. The van der Waals surface area contributed by atoms with Gasteiger partial charge in [0.2, 0.25) is 0 Å². The molecule has 0 amide bonds. The molecule has 0 bridgehead atoms. The van der Waals surface area contributed by atoms with E-state index < -0.39 is 29.4 Å². The van der Waals surface area contributed by atoms with Crippen molar-refractivity contribution in [2.45, 2.75) is 25.8 Å². The second-order valence-corrected chi connectivity index (χ2v) is 7.07. The number of rotatable bonds is 5. The summed E-state index contributed by atoms with van der Waals surface area (Å²) in [7, 11) is 2.85. The lowest BCUT2D eigenvalue weighted by molar-refractivity contribution is -0.143. The standard InChI is InChI=1S/C13H12N2O3.C10H8F6N/c1-8-14-7-10(13(16)17)12(15-8)9-5-3-4-6-11(9)18-2;1-17-5-6-2-7(9(11,12)13)4-8(3-6)10(14,15)16/h3-7H,1-2H3,(H,16,17);2-4H,5H2,1H3/q;-1. The Bertz CT molecular complexity index is 1150. The minimum atomic E-state index is -4.80. The highest BCUT2D eigenvalue weighted by Crippen LogP contribution is 2.36. The first-order valence-electron chi connectivity index (χ1n) is 9.82. The Labute approximate surface area is 196 Å². The van der Waals surface area contributed by atoms with Gasteiger partial charge in [-0.3, -0.25) is 0 Å². The molecule has 188 valence electrons. The molecule has 0 unspecified atom stereocenters. The first-order valence-corrected chi connectivity index (χ1v) is 9.82. The van der Waals surface area contributed by atoms with Gasteiger partial charge < -0.3 is 15.2 Å². The van der Waals surface area contributed by atoms with E-state index in [1.165, 1.54) is 20.4 Å². The summed E-state index contributed by atoms with van der Waals surface area (Å²) in [6.45, 7) is 1.53. The molecule has 0 fully saturated rings. The molecule has 3 aromatic rings. The molecule has 1 aromatic heterocycles. The zero-order chi connectivity index (χ0) is 26.4. The van der Waals surface area contributed by atoms with Crippen LogP contribution in [0.3, 0.4) is 0 Å². The number of aromatic nitrogens is 2. The number of alkyl halides is 6. The Balaban J connectivity index is 0.000000247. The first-order chi connectivity index (χ1) is 16.3. The van der Waals surface area contributed by atoms with Gasteiger partial charge in [-0.1, -0.05) is 17.7 Å². The van der Waals surface area contributed by atoms with Crippen molar-refractivity contribution < 1.29 is 41.0 Å². The summed E-state index contributed by atoms with van der Waals surface area (Å²) in [6, 6.07) is 8.59. The molecule has 0 aliphatic carbocycles. The van der Waals surface area contributed by atoms with Crippen LogP contribution >= 0.6 is 0 Å². The molecule has 0 aliphatic rings. The van der Waals surface area contributed by atoms with Gasteiger partial charge >= 0.3 is 18.3 Å². The van der Waals surface area contributed by atoms with Crippen LogP contribution in [0.5, 0.6) is 5.75 Å². The fourth-order valence-corrected chi connectivity index (χ4v) is 2.97. The predicted molar refractivity (Wildman–Crippen MR) is 115 cm³/mol. The number of aryl methyl sites for hydroxylation is 1. The third kappa shape index (κ3) is 7.41. The molecule has 0 saturated carbocycles. The molecule has 0 radical (unpaired) electrons. The molecule has 0 aliphatic heterocycles. The molecule has 35 heavy (non-hydrogen) atoms. The largest absolute Gasteiger partial charge is 0.661 e. The molecule has 0 saturated heterocycles. The Morgan fingerprint density at radius 3 is 2.09 bits per heavy atom. The second kappa shape index (κ2) is 11.2. The van der Waals surface area contributed by atoms with Crippen LogP contribution in [0, 0.1) is 6.92 Å². The Kier molecular flexibility index (Phi) is 8.80. The number of aromatic carboxylic acids is 1. The van der Waals surface area contributed by atoms with E-state index in [1.54, 1.807) is 25.1 Å². The lowest BCUT2D eigenvalue weighted by Gasteiger charge is -2.17. The zero-order valence-electron chi connectivity index (χ0n) is 18.7. The Morgan fingerprint density at radius 2 is 1.60 bits per heavy atom. The molecule has 6 nitrogen and oxygen atoms in total. The number of ether oxygens (including phenoxy) is 1. The van der Waals surface area contributed by atoms with Crippen LogP contribution in [0.4, 0.5) is 26.3 Å². The van der Waals surface area contributed by atoms with Crippen molar-refractivity contribution in [3.8, 4) is 17.0 Å². The van der Waals surface area contributed by atoms with Crippen molar-refractivity contribution in [2.24, 2.45) is 0 Å². The van der Waals surface area contributed by atoms with E-state index in [2.05, 4.69) is 15.3 Å². The molecular weight excluding hydrogens is 480 g/mol. The maximum atomic E-state index is 12.4. The average Bonchev–Trinajstić information content (AvgIpc) is 2.78. The maximum absolute atomic E-state index is 12.4. The topological polar surface area (TPSA) is 86.4 Å². The van der Waals surface area contributed by atoms with E-state index in [0.717, 1.165) is 0 Å². The van der Waals surface area contributed by atoms with Gasteiger partial charge in [0.25, 0.3) is 0 Å². The highest BCUT2D eigenvalue weighted by molar-refractivity contribution is 5.95. The van der Waals surface area contributed by atoms with Gasteiger partial charge in [0, 0.05) is 11.8 Å². The quantitative estimate of drug-likeness (QED) is 0.411. The molecule has 1 heterocycles. The number of carbonyl (C=O) groups is 1. The third-order valence-corrected chi connectivity index (χ3v) is 4.49. The van der Waals surface area contributed by atoms with Crippen molar-refractivity contribution in [3.05, 3.63) is 82.1 Å². The molecule has 1 N–H and O–H groups in total. The van der Waals surface area contributed by atoms with E-state index in [0.29, 0.717) is 35.0 Å². The summed E-state index contributed by atoms with van der Waals surface area (Å²) in [5.74, 6) is 0.0370. The molecular formula is C23H20F6N3O3-. The highest BCUT2D eigenvalue weighted by atomic mass is 19.4. The van der Waals surface area contributed by atoms with Crippen LogP contribution in [0.15, 0.2) is 48.7 Å². The summed E-state index contributed by atoms with van der Waals surface area (Å²) in [4.78, 5) is 19.3. The van der Waals surface area contributed by atoms with E-state index in [9.17, 15) is 31.1 Å². The van der Waals surface area contributed by atoms with Gasteiger partial charge in [0.05, 0.1) is 23.9 Å². The number of benzene rings is 2. The number of carboxylic acid groups (broad SMARTS) is 1. The number of carboxylic acids is 1. The van der Waals surface area contributed by atoms with Crippen LogP contribution in [0.1, 0.15) is 32.9 Å². The Morgan fingerprint density at radius 1 is 1.03 bits per heavy atom. The lowest BCUT2D eigenvalue weighted by atomic mass is 10.0. The molecule has 2 aromatic carbocycles. The van der Waals surface area contributed by atoms with E-state index in [1.807, 2.05) is 6.07 Å². The molecule has 0 spiro atoms. The van der Waals surface area contributed by atoms with Crippen molar-refractivity contribution in [3.63, 3.8) is 0 Å². The van der Waals surface area contributed by atoms with Gasteiger partial charge in [-0.05, 0) is 37.3 Å². The summed E-state index contributed by atoms with van der Waals surface area (Å²) in [5, 5.41) is 12.7. The van der Waals surface area contributed by atoms with Crippen molar-refractivity contribution in [2.75, 3.05) is 14.2 Å². The van der Waals surface area contributed by atoms with Crippen LogP contribution < -0.4 is 4.74 Å². The van der Waals surface area contributed by atoms with Crippen LogP contribution in [-0.4, -0.2) is 35.2 Å². The summed E-state index contributed by atoms with van der Waals surface area (Å²) >= 11 is 0. The predicted octanol–water partition coefficient (Wildman–Crippen LogP) is 6.39. The van der Waals surface area contributed by atoms with E-state index >= 15 is 0 Å². The number of hydrogen-bond donors (Lipinski definition) is 1. The van der Waals surface area contributed by atoms with Crippen LogP contribution in [0.2, 0.25) is 0 Å². The van der Waals surface area contributed by atoms with Crippen LogP contribution in [-0.2, 0) is 18.9 Å².